The van der Waals surface area contributed by atoms with Crippen LogP contribution < -0.4 is 15.0 Å². The van der Waals surface area contributed by atoms with Crippen LogP contribution in [-0.2, 0) is 4.79 Å². The topological polar surface area (TPSA) is 88.0 Å². The van der Waals surface area contributed by atoms with Gasteiger partial charge < -0.3 is 15.0 Å². The fourth-order valence-corrected chi connectivity index (χ4v) is 3.64. The first kappa shape index (κ1) is 21.6. The van der Waals surface area contributed by atoms with Gasteiger partial charge in [-0.25, -0.2) is 0 Å². The second-order valence-corrected chi connectivity index (χ2v) is 7.37. The van der Waals surface area contributed by atoms with Crippen molar-refractivity contribution < 1.29 is 14.5 Å². The van der Waals surface area contributed by atoms with E-state index in [2.05, 4.69) is 15.1 Å². The number of ether oxygens (including phenoxy) is 1. The molecule has 1 N–H and O–H groups in total. The Hall–Kier alpha value is -3.13. The largest absolute Gasteiger partial charge is 0.492 e. The van der Waals surface area contributed by atoms with Crippen molar-refractivity contribution in [2.75, 3.05) is 49.5 Å². The molecule has 0 aliphatic carbocycles. The quantitative estimate of drug-likeness (QED) is 0.554. The van der Waals surface area contributed by atoms with E-state index in [4.69, 9.17) is 4.74 Å². The number of anilines is 2. The van der Waals surface area contributed by atoms with Crippen molar-refractivity contribution in [1.82, 2.24) is 4.90 Å². The Labute approximate surface area is 176 Å². The first-order valence-electron chi connectivity index (χ1n) is 10.1. The Bertz CT molecular complexity index is 923. The predicted octanol–water partition coefficient (Wildman–Crippen LogP) is 3.37. The minimum Gasteiger partial charge on any atom is -0.492 e. The molecule has 0 bridgehead atoms. The lowest BCUT2D eigenvalue weighted by atomic mass is 10.1. The molecular weight excluding hydrogens is 384 g/mol. The number of carbonyl (C=O) groups is 1. The summed E-state index contributed by atoms with van der Waals surface area (Å²) in [6.45, 7) is 9.44. The normalized spacial score (nSPS) is 14.4. The van der Waals surface area contributed by atoms with Gasteiger partial charge in [-0.2, -0.15) is 0 Å². The summed E-state index contributed by atoms with van der Waals surface area (Å²) in [5.74, 6) is 0.628. The monoisotopic (exact) mass is 412 g/mol. The van der Waals surface area contributed by atoms with Crippen molar-refractivity contribution in [1.29, 1.82) is 0 Å². The van der Waals surface area contributed by atoms with Crippen molar-refractivity contribution in [3.05, 3.63) is 57.6 Å². The molecule has 3 rings (SSSR count). The zero-order chi connectivity index (χ0) is 21.7. The zero-order valence-corrected chi connectivity index (χ0v) is 17.7. The molecule has 30 heavy (non-hydrogen) atoms. The second kappa shape index (κ2) is 9.58. The third-order valence-electron chi connectivity index (χ3n) is 5.42. The number of rotatable bonds is 7. The van der Waals surface area contributed by atoms with Gasteiger partial charge >= 0.3 is 0 Å². The first-order chi connectivity index (χ1) is 14.4. The minimum absolute atomic E-state index is 0.0798. The molecule has 0 spiro atoms. The van der Waals surface area contributed by atoms with Gasteiger partial charge in [-0.05, 0) is 44.0 Å². The molecule has 2 aromatic carbocycles. The highest BCUT2D eigenvalue weighted by atomic mass is 16.6. The van der Waals surface area contributed by atoms with E-state index < -0.39 is 4.92 Å². The Morgan fingerprint density at radius 2 is 1.83 bits per heavy atom. The molecule has 1 saturated heterocycles. The molecule has 1 amide bonds. The Balaban J connectivity index is 1.61. The highest BCUT2D eigenvalue weighted by molar-refractivity contribution is 5.95. The lowest BCUT2D eigenvalue weighted by Crippen LogP contribution is -2.48. The Morgan fingerprint density at radius 1 is 1.13 bits per heavy atom. The molecule has 0 atom stereocenters. The number of piperazine rings is 1. The van der Waals surface area contributed by atoms with Crippen molar-refractivity contribution in [2.45, 2.75) is 20.8 Å². The van der Waals surface area contributed by atoms with Crippen molar-refractivity contribution in [3.63, 3.8) is 0 Å². The average molecular weight is 412 g/mol. The lowest BCUT2D eigenvalue weighted by molar-refractivity contribution is -0.384. The maximum Gasteiger partial charge on any atom is 0.293 e. The third kappa shape index (κ3) is 4.88. The second-order valence-electron chi connectivity index (χ2n) is 7.37. The number of hydrogen-bond donors (Lipinski definition) is 1. The molecule has 0 aromatic heterocycles. The molecule has 0 radical (unpaired) electrons. The maximum atomic E-state index is 12.6. The van der Waals surface area contributed by atoms with Crippen LogP contribution in [0.1, 0.15) is 18.1 Å². The molecular formula is C22H28N4O4. The maximum absolute atomic E-state index is 12.6. The molecule has 0 unspecified atom stereocenters. The summed E-state index contributed by atoms with van der Waals surface area (Å²) in [6, 6.07) is 11.1. The van der Waals surface area contributed by atoms with Gasteiger partial charge in [0.05, 0.1) is 23.8 Å². The van der Waals surface area contributed by atoms with Crippen LogP contribution >= 0.6 is 0 Å². The standard InChI is InChI=1S/C22H28N4O4/c1-4-30-20-8-6-5-7-18(20)25-13-11-24(12-14-25)15-21(27)23-22-17(3)16(2)9-10-19(22)26(28)29/h5-10H,4,11-15H2,1-3H3,(H,23,27). The van der Waals surface area contributed by atoms with E-state index in [-0.39, 0.29) is 23.8 Å². The van der Waals surface area contributed by atoms with Crippen LogP contribution in [0.5, 0.6) is 5.75 Å². The summed E-state index contributed by atoms with van der Waals surface area (Å²) in [6.07, 6.45) is 0. The molecule has 1 fully saturated rings. The molecule has 160 valence electrons. The van der Waals surface area contributed by atoms with Crippen LogP contribution in [0.4, 0.5) is 17.1 Å². The van der Waals surface area contributed by atoms with E-state index >= 15 is 0 Å². The summed E-state index contributed by atoms with van der Waals surface area (Å²) in [5, 5.41) is 14.1. The van der Waals surface area contributed by atoms with Gasteiger partial charge in [-0.1, -0.05) is 18.2 Å². The number of nitrogens with one attached hydrogen (secondary N) is 1. The first-order valence-corrected chi connectivity index (χ1v) is 10.1. The summed E-state index contributed by atoms with van der Waals surface area (Å²) < 4.78 is 5.72. The van der Waals surface area contributed by atoms with Gasteiger partial charge in [0.1, 0.15) is 11.4 Å². The number of nitro benzene ring substituents is 1. The van der Waals surface area contributed by atoms with E-state index in [1.54, 1.807) is 13.0 Å². The highest BCUT2D eigenvalue weighted by Crippen LogP contribution is 2.31. The number of hydrogen-bond acceptors (Lipinski definition) is 6. The van der Waals surface area contributed by atoms with Crippen LogP contribution in [0.2, 0.25) is 0 Å². The molecule has 8 nitrogen and oxygen atoms in total. The third-order valence-corrected chi connectivity index (χ3v) is 5.42. The average Bonchev–Trinajstić information content (AvgIpc) is 2.72. The number of para-hydroxylation sites is 2. The van der Waals surface area contributed by atoms with Gasteiger partial charge in [0.25, 0.3) is 5.69 Å². The van der Waals surface area contributed by atoms with Gasteiger partial charge in [-0.3, -0.25) is 19.8 Å². The molecule has 2 aromatic rings. The number of benzene rings is 2. The van der Waals surface area contributed by atoms with Gasteiger partial charge in [0.2, 0.25) is 5.91 Å². The van der Waals surface area contributed by atoms with E-state index in [0.29, 0.717) is 6.61 Å². The van der Waals surface area contributed by atoms with Crippen LogP contribution in [0.15, 0.2) is 36.4 Å². The molecule has 8 heteroatoms. The summed E-state index contributed by atoms with van der Waals surface area (Å²) in [4.78, 5) is 27.8. The van der Waals surface area contributed by atoms with E-state index in [0.717, 1.165) is 48.7 Å². The van der Waals surface area contributed by atoms with Gasteiger partial charge in [-0.15, -0.1) is 0 Å². The molecule has 1 heterocycles. The smallest absolute Gasteiger partial charge is 0.293 e. The Morgan fingerprint density at radius 3 is 2.50 bits per heavy atom. The summed E-state index contributed by atoms with van der Waals surface area (Å²) in [5.41, 5.74) is 2.89. The number of nitrogens with zero attached hydrogens (tertiary/aromatic N) is 3. The lowest BCUT2D eigenvalue weighted by Gasteiger charge is -2.36. The summed E-state index contributed by atoms with van der Waals surface area (Å²) >= 11 is 0. The van der Waals surface area contributed by atoms with E-state index in [9.17, 15) is 14.9 Å². The van der Waals surface area contributed by atoms with Crippen LogP contribution in [-0.4, -0.2) is 55.1 Å². The fraction of sp³-hybridized carbons (Fsp3) is 0.409. The van der Waals surface area contributed by atoms with Crippen LogP contribution in [0.25, 0.3) is 0 Å². The summed E-state index contributed by atoms with van der Waals surface area (Å²) in [7, 11) is 0. The Kier molecular flexibility index (Phi) is 6.89. The number of aryl methyl sites for hydroxylation is 1. The SMILES string of the molecule is CCOc1ccccc1N1CCN(CC(=O)Nc2c([N+](=O)[O-])ccc(C)c2C)CC1. The number of amides is 1. The highest BCUT2D eigenvalue weighted by Gasteiger charge is 2.23. The van der Waals surface area contributed by atoms with Crippen molar-refractivity contribution in [3.8, 4) is 5.75 Å². The van der Waals surface area contributed by atoms with E-state index in [1.165, 1.54) is 6.07 Å². The van der Waals surface area contributed by atoms with Crippen LogP contribution in [0, 0.1) is 24.0 Å². The van der Waals surface area contributed by atoms with Crippen molar-refractivity contribution in [2.24, 2.45) is 0 Å². The minimum atomic E-state index is -0.462. The molecule has 1 aliphatic heterocycles. The van der Waals surface area contributed by atoms with Gasteiger partial charge in [0, 0.05) is 32.2 Å². The van der Waals surface area contributed by atoms with Crippen LogP contribution in [0.3, 0.4) is 0 Å². The number of carbonyl (C=O) groups excluding carboxylic acids is 1. The zero-order valence-electron chi connectivity index (χ0n) is 17.7. The fourth-order valence-electron chi connectivity index (χ4n) is 3.64. The molecule has 0 saturated carbocycles. The van der Waals surface area contributed by atoms with Gasteiger partial charge in [0.15, 0.2) is 0 Å². The predicted molar refractivity (Wildman–Crippen MR) is 117 cm³/mol. The van der Waals surface area contributed by atoms with Crippen molar-refractivity contribution >= 4 is 23.0 Å². The number of nitro groups is 1. The van der Waals surface area contributed by atoms with E-state index in [1.807, 2.05) is 38.1 Å². The molecule has 1 aliphatic rings.